The quantitative estimate of drug-likeness (QED) is 0.0937. The molecule has 0 spiro atoms. The van der Waals surface area contributed by atoms with Gasteiger partial charge in [0.15, 0.2) is 17.4 Å². The van der Waals surface area contributed by atoms with E-state index in [1.807, 2.05) is 30.3 Å². The third-order valence-corrected chi connectivity index (χ3v) is 18.5. The van der Waals surface area contributed by atoms with Crippen molar-refractivity contribution in [3.63, 3.8) is 0 Å². The number of carbonyl (C=O) groups is 3. The second-order valence-electron chi connectivity index (χ2n) is 21.3. The number of aliphatic carboxylic acids is 1. The van der Waals surface area contributed by atoms with Crippen molar-refractivity contribution in [2.45, 2.75) is 148 Å². The van der Waals surface area contributed by atoms with Gasteiger partial charge in [0, 0.05) is 64.4 Å². The van der Waals surface area contributed by atoms with E-state index in [0.717, 1.165) is 63.4 Å². The number of aliphatic hydroxyl groups is 2. The van der Waals surface area contributed by atoms with Crippen LogP contribution in [-0.4, -0.2) is 128 Å². The van der Waals surface area contributed by atoms with Crippen LogP contribution in [0.25, 0.3) is 32.7 Å². The zero-order chi connectivity index (χ0) is 60.7. The van der Waals surface area contributed by atoms with Crippen molar-refractivity contribution < 1.29 is 43.9 Å². The molecule has 2 unspecified atom stereocenters. The van der Waals surface area contributed by atoms with Gasteiger partial charge in [-0.3, -0.25) is 42.7 Å². The summed E-state index contributed by atoms with van der Waals surface area (Å²) in [5.41, 5.74) is 2.80. The lowest BCUT2D eigenvalue weighted by Gasteiger charge is -2.35. The predicted molar refractivity (Wildman–Crippen MR) is 355 cm³/mol. The summed E-state index contributed by atoms with van der Waals surface area (Å²) in [6.07, 6.45) is 10.7. The molecule has 5 aliphatic heterocycles. The van der Waals surface area contributed by atoms with Gasteiger partial charge >= 0.3 is 6.09 Å². The number of halogens is 7. The lowest BCUT2D eigenvalue weighted by Crippen LogP contribution is -2.49. The first-order chi connectivity index (χ1) is 40.6. The largest absolute Gasteiger partial charge is 0.481 e. The van der Waals surface area contributed by atoms with Gasteiger partial charge in [-0.15, -0.1) is 17.0 Å². The number of nitrogens with zero attached hydrogens (tertiary/aromatic N) is 8. The van der Waals surface area contributed by atoms with E-state index in [2.05, 4.69) is 73.1 Å². The fraction of sp³-hybridized carbons (Fsp3) is 0.433. The molecule has 5 aliphatic rings. The van der Waals surface area contributed by atoms with Crippen molar-refractivity contribution in [1.29, 1.82) is 0 Å². The number of carboxylic acid groups (broad SMARTS) is 1. The molecule has 474 valence electrons. The summed E-state index contributed by atoms with van der Waals surface area (Å²) in [7, 11) is 0. The van der Waals surface area contributed by atoms with Crippen LogP contribution in [0.2, 0.25) is 15.1 Å². The number of hydrogen-bond donors (Lipinski definition) is 4. The zero-order valence-electron chi connectivity index (χ0n) is 46.2. The third kappa shape index (κ3) is 17.9. The van der Waals surface area contributed by atoms with Crippen molar-refractivity contribution >= 4 is 156 Å². The molecule has 12 rings (SSSR count). The van der Waals surface area contributed by atoms with Gasteiger partial charge in [-0.2, -0.15) is 0 Å². The van der Waals surface area contributed by atoms with Crippen LogP contribution in [0.3, 0.4) is 0 Å². The Labute approximate surface area is 557 Å². The van der Waals surface area contributed by atoms with E-state index in [1.165, 1.54) is 32.7 Å². The molecule has 0 radical (unpaired) electrons. The summed E-state index contributed by atoms with van der Waals surface area (Å²) >= 11 is 28.2. The van der Waals surface area contributed by atoms with E-state index in [-0.39, 0.29) is 111 Å². The Morgan fingerprint density at radius 2 is 1.20 bits per heavy atom. The number of piperidine rings is 2. The minimum Gasteiger partial charge on any atom is -0.481 e. The molecule has 28 heteroatoms. The van der Waals surface area contributed by atoms with Crippen LogP contribution in [0.5, 0.6) is 0 Å². The summed E-state index contributed by atoms with van der Waals surface area (Å²) in [6, 6.07) is 19.1. The van der Waals surface area contributed by atoms with Crippen molar-refractivity contribution in [3.05, 3.63) is 151 Å². The minimum absolute atomic E-state index is 0. The molecule has 7 aromatic rings. The molecule has 88 heavy (non-hydrogen) atoms. The second-order valence-corrected chi connectivity index (χ2v) is 25.0. The van der Waals surface area contributed by atoms with Crippen LogP contribution in [0.4, 0.5) is 4.79 Å². The van der Waals surface area contributed by atoms with E-state index in [4.69, 9.17) is 58.9 Å². The highest BCUT2D eigenvalue weighted by Crippen LogP contribution is 2.39. The van der Waals surface area contributed by atoms with Crippen LogP contribution in [0.15, 0.2) is 119 Å². The monoisotopic (exact) mass is 1530 g/mol. The summed E-state index contributed by atoms with van der Waals surface area (Å²) in [5, 5.41) is 35.3. The molecule has 0 bridgehead atoms. The lowest BCUT2D eigenvalue weighted by atomic mass is 9.97. The first kappa shape index (κ1) is 72.0. The molecular formula is C60H68Br4Cl3N9O12. The summed E-state index contributed by atoms with van der Waals surface area (Å²) in [6.45, 7) is 3.57. The molecular weight excluding hydrogens is 1460 g/mol. The SMILES string of the molecule is Br.C.C.CC(=O)O.O=C(CCC1=NCCC1)Cn1cnc2cc(Br)c(Cl)cc2c1=O.O=C(OCc1ccccc1)N1CCC[C@@H]2OC(O)(Cn3cnc4cc(Br)c(Cl)cc4c3=O)C[C@@H]21.O=c1c2cc(Cl)c(Br)cc2ncn1CC1(O)C[C@@H]2NCCC[C@@H]2O1. The number of benzene rings is 4. The first-order valence-corrected chi connectivity index (χ1v) is 30.8. The van der Waals surface area contributed by atoms with E-state index >= 15 is 0 Å². The highest BCUT2D eigenvalue weighted by atomic mass is 79.9. The number of ether oxygens (including phenoxy) is 3. The van der Waals surface area contributed by atoms with Gasteiger partial charge in [0.1, 0.15) is 6.61 Å². The number of aromatic nitrogens is 6. The van der Waals surface area contributed by atoms with Crippen LogP contribution in [-0.2, 0) is 50.0 Å². The van der Waals surface area contributed by atoms with Gasteiger partial charge in [0.2, 0.25) is 0 Å². The molecule has 3 aromatic heterocycles. The van der Waals surface area contributed by atoms with Crippen molar-refractivity contribution in [2.75, 3.05) is 19.6 Å². The molecule has 21 nitrogen and oxygen atoms in total. The van der Waals surface area contributed by atoms with Gasteiger partial charge in [-0.1, -0.05) is 80.0 Å². The number of carboxylic acids is 1. The maximum atomic E-state index is 13.0. The van der Waals surface area contributed by atoms with E-state index in [1.54, 1.807) is 41.3 Å². The van der Waals surface area contributed by atoms with Gasteiger partial charge in [0.05, 0.1) is 105 Å². The average Bonchev–Trinajstić information content (AvgIpc) is 2.59. The number of fused-ring (bicyclic) bond motifs is 5. The van der Waals surface area contributed by atoms with Crippen molar-refractivity contribution in [1.82, 2.24) is 38.9 Å². The van der Waals surface area contributed by atoms with E-state index in [9.17, 15) is 34.2 Å². The number of aliphatic imine (C=N–C) groups is 1. The average molecular weight is 1530 g/mol. The van der Waals surface area contributed by atoms with E-state index < -0.39 is 23.6 Å². The molecule has 4 aromatic carbocycles. The fourth-order valence-electron chi connectivity index (χ4n) is 10.9. The van der Waals surface area contributed by atoms with E-state index in [0.29, 0.717) is 93.4 Å². The minimum atomic E-state index is -1.62. The first-order valence-electron chi connectivity index (χ1n) is 27.3. The summed E-state index contributed by atoms with van der Waals surface area (Å²) in [5.74, 6) is -3.80. The Bertz CT molecular complexity index is 3860. The van der Waals surface area contributed by atoms with Crippen LogP contribution < -0.4 is 22.0 Å². The van der Waals surface area contributed by atoms with Crippen LogP contribution >= 0.6 is 99.6 Å². The second kappa shape index (κ2) is 31.8. The lowest BCUT2D eigenvalue weighted by molar-refractivity contribution is -0.203. The van der Waals surface area contributed by atoms with Crippen molar-refractivity contribution in [3.8, 4) is 0 Å². The number of Topliss-reactive ketones (excluding diaryl/α,β-unsaturated/α-hetero) is 1. The van der Waals surface area contributed by atoms with Crippen LogP contribution in [0.1, 0.15) is 91.5 Å². The Kier molecular flexibility index (Phi) is 26.0. The molecule has 8 heterocycles. The molecule has 4 saturated heterocycles. The maximum Gasteiger partial charge on any atom is 0.410 e. The predicted octanol–water partition coefficient (Wildman–Crippen LogP) is 11.5. The van der Waals surface area contributed by atoms with Gasteiger partial charge in [0.25, 0.3) is 22.6 Å². The van der Waals surface area contributed by atoms with Gasteiger partial charge < -0.3 is 39.7 Å². The normalized spacial score (nSPS) is 21.5. The highest BCUT2D eigenvalue weighted by molar-refractivity contribution is 9.11. The van der Waals surface area contributed by atoms with Crippen molar-refractivity contribution in [2.24, 2.45) is 4.99 Å². The Morgan fingerprint density at radius 3 is 1.72 bits per heavy atom. The molecule has 0 aliphatic carbocycles. The third-order valence-electron chi connectivity index (χ3n) is 14.9. The molecule has 1 amide bonds. The summed E-state index contributed by atoms with van der Waals surface area (Å²) < 4.78 is 23.4. The number of hydrogen-bond acceptors (Lipinski definition) is 16. The van der Waals surface area contributed by atoms with Gasteiger partial charge in [-0.05, 0) is 141 Å². The number of carbonyl (C=O) groups excluding carboxylic acids is 2. The Morgan fingerprint density at radius 1 is 0.716 bits per heavy atom. The van der Waals surface area contributed by atoms with Gasteiger partial charge in [-0.25, -0.2) is 19.7 Å². The number of rotatable bonds is 11. The maximum absolute atomic E-state index is 13.0. The molecule has 0 saturated carbocycles. The molecule has 4 N–H and O–H groups in total. The Balaban J connectivity index is 0.000000205. The number of nitrogens with one attached hydrogen (secondary N) is 1. The topological polar surface area (TPSA) is 272 Å². The molecule has 4 fully saturated rings. The highest BCUT2D eigenvalue weighted by Gasteiger charge is 2.51. The standard InChI is InChI=1S/C24H23BrClN3O5.C16H17BrClN3O3.C16H15BrClN3O2.C2H4O2.2CH4.BrH/c25-17-10-19-16(9-18(17)26)22(30)28(14-27-19)13-24(32)11-20-21(34-24)7-4-8-29(20)23(31)33-12-15-5-2-1-3-6-15;17-10-5-12-9(4-11(10)18)15(22)21(8-20-12)7-16(23)6-13-14(24-16)2-1-3-19-13;17-13-7-15-12(6-14(13)18)16(23)21(9-20-15)8-11(22)4-3-10-2-1-5-19-10;1-2(3)4;;;/h1-3,5-6,9-10,14,20-21,32H,4,7-8,11-13H2;4-5,8,13-14,19,23H,1-3,6-7H2;6-7,9H,1-5,8H2;1H3,(H,3,4);2*1H4;1H/t20-,21-,24?;13-,14-,16?;;;;;/m00...../s1. The number of ketones is 1. The zero-order valence-corrected chi connectivity index (χ0v) is 54.9. The number of likely N-dealkylation sites (tertiary alicyclic amines) is 1. The summed E-state index contributed by atoms with van der Waals surface area (Å²) in [4.78, 5) is 91.0. The number of amides is 1. The Hall–Kier alpha value is -5.03. The fourth-order valence-corrected chi connectivity index (χ4v) is 12.4. The smallest absolute Gasteiger partial charge is 0.410 e. The van der Waals surface area contributed by atoms with Crippen LogP contribution in [0, 0.1) is 0 Å². The molecule has 6 atom stereocenters.